The van der Waals surface area contributed by atoms with Crippen LogP contribution in [0.1, 0.15) is 63.9 Å². The Morgan fingerprint density at radius 3 is 2.14 bits per heavy atom. The molecule has 0 unspecified atom stereocenters. The van der Waals surface area contributed by atoms with E-state index >= 15 is 0 Å². The van der Waals surface area contributed by atoms with E-state index in [0.717, 1.165) is 24.8 Å². The van der Waals surface area contributed by atoms with Gasteiger partial charge >= 0.3 is 51.4 Å². The van der Waals surface area contributed by atoms with Crippen LogP contribution in [0.4, 0.5) is 0 Å². The molecule has 29 heavy (non-hydrogen) atoms. The molecule has 2 rings (SSSR count). The summed E-state index contributed by atoms with van der Waals surface area (Å²) in [6.45, 7) is 2.20. The molecule has 154 valence electrons. The van der Waals surface area contributed by atoms with Crippen LogP contribution in [0.5, 0.6) is 17.2 Å². The van der Waals surface area contributed by atoms with Crippen LogP contribution in [0.15, 0.2) is 47.4 Å². The Morgan fingerprint density at radius 1 is 0.897 bits per heavy atom. The second kappa shape index (κ2) is 13.8. The maximum atomic E-state index is 11.8. The first-order chi connectivity index (χ1) is 13.4. The zero-order chi connectivity index (χ0) is 20.4. The zero-order valence-electron chi connectivity index (χ0n) is 17.4. The van der Waals surface area contributed by atoms with Crippen molar-refractivity contribution in [3.8, 4) is 17.2 Å². The van der Waals surface area contributed by atoms with Gasteiger partial charge in [0.25, 0.3) is 10.1 Å². The van der Waals surface area contributed by atoms with E-state index in [1.807, 2.05) is 0 Å². The summed E-state index contributed by atoms with van der Waals surface area (Å²) >= 11 is 0. The Morgan fingerprint density at radius 2 is 1.52 bits per heavy atom. The molecule has 0 spiro atoms. The summed E-state index contributed by atoms with van der Waals surface area (Å²) in [6.07, 6.45) is 10.3. The molecular weight excluding hydrogens is 415 g/mol. The van der Waals surface area contributed by atoms with Crippen LogP contribution >= 0.6 is 0 Å². The van der Waals surface area contributed by atoms with Crippen molar-refractivity contribution in [3.05, 3.63) is 48.0 Å². The monoisotopic (exact) mass is 444 g/mol. The van der Waals surface area contributed by atoms with Crippen molar-refractivity contribution in [2.75, 3.05) is 0 Å². The molecule has 7 heteroatoms. The quantitative estimate of drug-likeness (QED) is 0.309. The van der Waals surface area contributed by atoms with Gasteiger partial charge in [0.1, 0.15) is 16.4 Å². The molecule has 2 aromatic rings. The number of aryl methyl sites for hydroxylation is 1. The van der Waals surface area contributed by atoms with Gasteiger partial charge in [0.15, 0.2) is 0 Å². The average Bonchev–Trinajstić information content (AvgIpc) is 2.66. The topological polar surface area (TPSA) is 86.7 Å². The normalized spacial score (nSPS) is 11.1. The Kier molecular flexibility index (Phi) is 12.7. The Bertz CT molecular complexity index is 852. The molecule has 0 aliphatic rings. The molecule has 0 saturated carbocycles. The van der Waals surface area contributed by atoms with Gasteiger partial charge in [0, 0.05) is 0 Å². The Hall–Kier alpha value is -0.414. The first kappa shape index (κ1) is 26.6. The molecule has 0 aromatic heterocycles. The maximum Gasteiger partial charge on any atom is 1.00 e. The number of benzene rings is 2. The van der Waals surface area contributed by atoms with E-state index in [4.69, 9.17) is 4.74 Å². The summed E-state index contributed by atoms with van der Waals surface area (Å²) in [6, 6.07) is 10.7. The van der Waals surface area contributed by atoms with Crippen molar-refractivity contribution < 1.29 is 74.2 Å². The number of hydrogen-bond acceptors (Lipinski definition) is 4. The number of ether oxygens (including phenoxy) is 1. The van der Waals surface area contributed by atoms with Crippen LogP contribution in [0.25, 0.3) is 0 Å². The van der Waals surface area contributed by atoms with Gasteiger partial charge in [-0.3, -0.25) is 4.55 Å². The zero-order valence-corrected chi connectivity index (χ0v) is 21.3. The van der Waals surface area contributed by atoms with E-state index in [1.165, 1.54) is 62.8 Å². The molecule has 0 amide bonds. The Balaban J connectivity index is 0.00000420. The molecule has 2 aromatic carbocycles. The predicted octanol–water partition coefficient (Wildman–Crippen LogP) is 2.49. The maximum absolute atomic E-state index is 11.8. The van der Waals surface area contributed by atoms with Crippen LogP contribution in [0.2, 0.25) is 0 Å². The molecule has 0 bridgehead atoms. The number of rotatable bonds is 12. The van der Waals surface area contributed by atoms with E-state index in [9.17, 15) is 18.1 Å². The summed E-state index contributed by atoms with van der Waals surface area (Å²) < 4.78 is 38.6. The van der Waals surface area contributed by atoms with Gasteiger partial charge in [-0.15, -0.1) is 0 Å². The fourth-order valence-electron chi connectivity index (χ4n) is 3.11. The summed E-state index contributed by atoms with van der Waals surface area (Å²) in [7, 11) is -4.46. The van der Waals surface area contributed by atoms with Gasteiger partial charge < -0.3 is 9.84 Å². The van der Waals surface area contributed by atoms with Crippen molar-refractivity contribution >= 4 is 10.1 Å². The van der Waals surface area contributed by atoms with Crippen LogP contribution < -0.4 is 61.2 Å². The summed E-state index contributed by atoms with van der Waals surface area (Å²) in [5.41, 5.74) is 0.821. The van der Waals surface area contributed by atoms with Gasteiger partial charge in [0.05, 0.1) is 0 Å². The van der Waals surface area contributed by atoms with E-state index in [-0.39, 0.29) is 73.5 Å². The average molecular weight is 445 g/mol. The molecule has 0 aliphatic heterocycles. The molecule has 0 aliphatic carbocycles. The first-order valence-electron chi connectivity index (χ1n) is 9.96. The minimum absolute atomic E-state index is 0. The van der Waals surface area contributed by atoms with Crippen LogP contribution in [-0.4, -0.2) is 13.0 Å². The van der Waals surface area contributed by atoms with Crippen LogP contribution in [-0.2, 0) is 16.5 Å². The minimum Gasteiger partial charge on any atom is -0.870 e. The van der Waals surface area contributed by atoms with Gasteiger partial charge in [-0.2, -0.15) is 8.42 Å². The summed E-state index contributed by atoms with van der Waals surface area (Å²) in [5.74, 6) is -0.388. The molecule has 0 radical (unpaired) electrons. The van der Waals surface area contributed by atoms with Gasteiger partial charge in [-0.25, -0.2) is 0 Å². The molecule has 5 nitrogen and oxygen atoms in total. The Labute approximate surface area is 217 Å². The van der Waals surface area contributed by atoms with Crippen LogP contribution in [0, 0.1) is 0 Å². The minimum atomic E-state index is -4.46. The fourth-order valence-corrected chi connectivity index (χ4v) is 3.77. The van der Waals surface area contributed by atoms with Gasteiger partial charge in [-0.1, -0.05) is 81.9 Å². The summed E-state index contributed by atoms with van der Waals surface area (Å²) in [4.78, 5) is -0.312. The second-order valence-electron chi connectivity index (χ2n) is 7.03. The molecule has 0 saturated heterocycles. The molecular formula is C22H29KO5S. The molecule has 1 N–H and O–H groups in total. The number of para-hydroxylation sites is 2. The van der Waals surface area contributed by atoms with Gasteiger partial charge in [0.2, 0.25) is 0 Å². The third kappa shape index (κ3) is 9.51. The molecule has 0 fully saturated rings. The summed E-state index contributed by atoms with van der Waals surface area (Å²) in [5, 5.41) is 11.8. The van der Waals surface area contributed by atoms with Crippen LogP contribution in [0.3, 0.4) is 0 Å². The first-order valence-corrected chi connectivity index (χ1v) is 11.4. The van der Waals surface area contributed by atoms with Crippen molar-refractivity contribution in [3.63, 3.8) is 0 Å². The van der Waals surface area contributed by atoms with Crippen molar-refractivity contribution in [1.29, 1.82) is 0 Å². The predicted molar refractivity (Wildman–Crippen MR) is 109 cm³/mol. The van der Waals surface area contributed by atoms with Crippen molar-refractivity contribution in [2.45, 2.75) is 69.6 Å². The second-order valence-corrected chi connectivity index (χ2v) is 8.42. The molecule has 0 atom stereocenters. The SMILES string of the molecule is CCCCCCCCCCc1ccc(Oc2ccccc2[O-])c(S(=O)(=O)O)c1.[K+]. The van der Waals surface area contributed by atoms with Crippen molar-refractivity contribution in [2.24, 2.45) is 0 Å². The smallest absolute Gasteiger partial charge is 0.870 e. The fraction of sp³-hybridized carbons (Fsp3) is 0.455. The third-order valence-electron chi connectivity index (χ3n) is 4.67. The third-order valence-corrected chi connectivity index (χ3v) is 5.55. The van der Waals surface area contributed by atoms with E-state index in [1.54, 1.807) is 18.2 Å². The standard InChI is InChI=1S/C22H30O5S.K/c1-2-3-4-5-6-7-8-9-12-18-15-16-21(22(17-18)28(24,25)26)27-20-14-11-10-13-19(20)23;/h10-11,13-17,23H,2-9,12H2,1H3,(H,24,25,26);/q;+1/p-1. The van der Waals surface area contributed by atoms with E-state index in [2.05, 4.69) is 6.92 Å². The molecule has 0 heterocycles. The van der Waals surface area contributed by atoms with Crippen molar-refractivity contribution in [1.82, 2.24) is 0 Å². The number of hydrogen-bond donors (Lipinski definition) is 1. The van der Waals surface area contributed by atoms with Gasteiger partial charge in [-0.05, 0) is 36.6 Å². The number of unbranched alkanes of at least 4 members (excludes halogenated alkanes) is 7. The largest absolute Gasteiger partial charge is 1.00 e. The van der Waals surface area contributed by atoms with E-state index < -0.39 is 10.1 Å². The van der Waals surface area contributed by atoms with E-state index in [0.29, 0.717) is 0 Å².